The quantitative estimate of drug-likeness (QED) is 0.672. The number of halogens is 1. The van der Waals surface area contributed by atoms with E-state index >= 15 is 0 Å². The minimum Gasteiger partial charge on any atom is -0.488 e. The maximum atomic E-state index is 14.1. The lowest BCUT2D eigenvalue weighted by atomic mass is 10.1. The molecule has 2 N–H and O–H groups in total. The summed E-state index contributed by atoms with van der Waals surface area (Å²) in [4.78, 5) is 0. The second-order valence-corrected chi connectivity index (χ2v) is 5.95. The molecule has 0 saturated heterocycles. The molecule has 3 rings (SSSR count). The first-order valence-corrected chi connectivity index (χ1v) is 7.55. The fourth-order valence-corrected chi connectivity index (χ4v) is 2.68. The monoisotopic (exact) mass is 300 g/mol. The molecule has 2 aromatic rings. The third-order valence-electron chi connectivity index (χ3n) is 4.03. The van der Waals surface area contributed by atoms with E-state index in [2.05, 4.69) is 13.0 Å². The maximum Gasteiger partial charge on any atom is 0.131 e. The van der Waals surface area contributed by atoms with Crippen molar-refractivity contribution in [3.8, 4) is 5.75 Å². The molecule has 0 radical (unpaired) electrons. The summed E-state index contributed by atoms with van der Waals surface area (Å²) in [6, 6.07) is 11.1. The fourth-order valence-electron chi connectivity index (χ4n) is 2.68. The molecule has 0 bridgehead atoms. The Balaban J connectivity index is 1.84. The van der Waals surface area contributed by atoms with Crippen LogP contribution in [0.25, 0.3) is 0 Å². The highest BCUT2D eigenvalue weighted by Gasteiger charge is 2.27. The summed E-state index contributed by atoms with van der Waals surface area (Å²) in [5.41, 5.74) is 3.58. The second-order valence-electron chi connectivity index (χ2n) is 5.95. The van der Waals surface area contributed by atoms with E-state index < -0.39 is 0 Å². The van der Waals surface area contributed by atoms with Crippen LogP contribution in [0, 0.1) is 12.7 Å². The van der Waals surface area contributed by atoms with E-state index in [0.717, 1.165) is 5.75 Å². The Kier molecular flexibility index (Phi) is 4.03. The van der Waals surface area contributed by atoms with Gasteiger partial charge in [0.1, 0.15) is 18.2 Å². The Morgan fingerprint density at radius 1 is 1.27 bits per heavy atom. The summed E-state index contributed by atoms with van der Waals surface area (Å²) in [7, 11) is 1.69. The molecule has 1 aliphatic carbocycles. The van der Waals surface area contributed by atoms with Crippen LogP contribution in [-0.2, 0) is 6.61 Å². The first-order chi connectivity index (χ1) is 10.6. The molecule has 0 heterocycles. The lowest BCUT2D eigenvalue weighted by Crippen LogP contribution is -2.27. The van der Waals surface area contributed by atoms with Crippen LogP contribution in [0.5, 0.6) is 5.75 Å². The van der Waals surface area contributed by atoms with Gasteiger partial charge in [0.25, 0.3) is 0 Å². The molecule has 1 aliphatic rings. The van der Waals surface area contributed by atoms with Crippen molar-refractivity contribution < 1.29 is 9.13 Å². The van der Waals surface area contributed by atoms with Gasteiger partial charge in [-0.15, -0.1) is 0 Å². The van der Waals surface area contributed by atoms with Gasteiger partial charge < -0.3 is 9.75 Å². The van der Waals surface area contributed by atoms with Gasteiger partial charge in [0.05, 0.1) is 5.69 Å². The standard InChI is InChI=1S/C18H21FN2O/c1-12-6-9-18(14(10-12)13-7-8-13)22-11-15-16(19)4-3-5-17(15)21(2)20/h3-6,9-10,13H,7-8,11,20H2,1-2H3. The van der Waals surface area contributed by atoms with Crippen molar-refractivity contribution in [2.75, 3.05) is 12.1 Å². The van der Waals surface area contributed by atoms with Crippen molar-refractivity contribution in [2.45, 2.75) is 32.3 Å². The third-order valence-corrected chi connectivity index (χ3v) is 4.03. The Bertz CT molecular complexity index is 681. The fraction of sp³-hybridized carbons (Fsp3) is 0.333. The molecule has 1 saturated carbocycles. The van der Waals surface area contributed by atoms with E-state index in [1.54, 1.807) is 19.2 Å². The predicted molar refractivity (Wildman–Crippen MR) is 86.5 cm³/mol. The van der Waals surface area contributed by atoms with Crippen LogP contribution in [-0.4, -0.2) is 7.05 Å². The Hall–Kier alpha value is -2.07. The smallest absolute Gasteiger partial charge is 0.131 e. The van der Waals surface area contributed by atoms with Crippen LogP contribution in [0.3, 0.4) is 0 Å². The molecule has 0 aromatic heterocycles. The van der Waals surface area contributed by atoms with Crippen molar-refractivity contribution in [1.82, 2.24) is 0 Å². The Labute approximate surface area is 130 Å². The highest BCUT2D eigenvalue weighted by atomic mass is 19.1. The van der Waals surface area contributed by atoms with E-state index in [1.807, 2.05) is 12.1 Å². The van der Waals surface area contributed by atoms with Crippen LogP contribution in [0.2, 0.25) is 0 Å². The molecule has 0 spiro atoms. The van der Waals surface area contributed by atoms with E-state index in [1.165, 1.54) is 35.0 Å². The minimum absolute atomic E-state index is 0.173. The van der Waals surface area contributed by atoms with Gasteiger partial charge in [-0.3, -0.25) is 0 Å². The number of ether oxygens (including phenoxy) is 1. The average Bonchev–Trinajstić information content (AvgIpc) is 3.31. The highest BCUT2D eigenvalue weighted by Crippen LogP contribution is 2.44. The number of anilines is 1. The van der Waals surface area contributed by atoms with E-state index in [-0.39, 0.29) is 12.4 Å². The van der Waals surface area contributed by atoms with Gasteiger partial charge >= 0.3 is 0 Å². The van der Waals surface area contributed by atoms with Gasteiger partial charge in [-0.25, -0.2) is 10.2 Å². The molecule has 0 aliphatic heterocycles. The molecule has 0 amide bonds. The van der Waals surface area contributed by atoms with Crippen LogP contribution in [0.1, 0.15) is 35.4 Å². The third kappa shape index (κ3) is 3.07. The van der Waals surface area contributed by atoms with Gasteiger partial charge in [-0.1, -0.05) is 23.8 Å². The van der Waals surface area contributed by atoms with Gasteiger partial charge in [-0.2, -0.15) is 0 Å². The average molecular weight is 300 g/mol. The van der Waals surface area contributed by atoms with Crippen LogP contribution >= 0.6 is 0 Å². The van der Waals surface area contributed by atoms with Gasteiger partial charge in [0.2, 0.25) is 0 Å². The first-order valence-electron chi connectivity index (χ1n) is 7.55. The van der Waals surface area contributed by atoms with E-state index in [4.69, 9.17) is 10.6 Å². The lowest BCUT2D eigenvalue weighted by Gasteiger charge is -2.19. The number of hydrogen-bond acceptors (Lipinski definition) is 3. The molecule has 4 heteroatoms. The number of hydrogen-bond donors (Lipinski definition) is 1. The van der Waals surface area contributed by atoms with Crippen LogP contribution in [0.15, 0.2) is 36.4 Å². The summed E-state index contributed by atoms with van der Waals surface area (Å²) in [6.45, 7) is 2.25. The largest absolute Gasteiger partial charge is 0.488 e. The topological polar surface area (TPSA) is 38.5 Å². The summed E-state index contributed by atoms with van der Waals surface area (Å²) < 4.78 is 20.0. The normalized spacial score (nSPS) is 14.0. The van der Waals surface area contributed by atoms with Crippen molar-refractivity contribution in [3.63, 3.8) is 0 Å². The van der Waals surface area contributed by atoms with Gasteiger partial charge in [0, 0.05) is 12.6 Å². The summed E-state index contributed by atoms with van der Waals surface area (Å²) >= 11 is 0. The molecule has 2 aromatic carbocycles. The SMILES string of the molecule is Cc1ccc(OCc2c(F)cccc2N(C)N)c(C2CC2)c1. The minimum atomic E-state index is -0.296. The molecule has 116 valence electrons. The molecule has 22 heavy (non-hydrogen) atoms. The predicted octanol–water partition coefficient (Wildman–Crippen LogP) is 3.90. The Morgan fingerprint density at radius 3 is 2.73 bits per heavy atom. The second kappa shape index (κ2) is 5.97. The molecule has 0 unspecified atom stereocenters. The number of rotatable bonds is 5. The lowest BCUT2D eigenvalue weighted by molar-refractivity contribution is 0.297. The number of benzene rings is 2. The zero-order chi connectivity index (χ0) is 15.7. The zero-order valence-corrected chi connectivity index (χ0v) is 13.0. The molecule has 0 atom stereocenters. The van der Waals surface area contributed by atoms with Crippen molar-refractivity contribution in [3.05, 3.63) is 58.9 Å². The number of nitrogens with zero attached hydrogens (tertiary/aromatic N) is 1. The molecule has 3 nitrogen and oxygen atoms in total. The number of hydrazine groups is 1. The van der Waals surface area contributed by atoms with Crippen molar-refractivity contribution >= 4 is 5.69 Å². The summed E-state index contributed by atoms with van der Waals surface area (Å²) in [5.74, 6) is 6.91. The Morgan fingerprint density at radius 2 is 2.05 bits per heavy atom. The highest BCUT2D eigenvalue weighted by molar-refractivity contribution is 5.52. The van der Waals surface area contributed by atoms with Crippen molar-refractivity contribution in [2.24, 2.45) is 5.84 Å². The van der Waals surface area contributed by atoms with Crippen LogP contribution in [0.4, 0.5) is 10.1 Å². The first kappa shape index (κ1) is 14.9. The van der Waals surface area contributed by atoms with Crippen molar-refractivity contribution in [1.29, 1.82) is 0 Å². The number of aryl methyl sites for hydroxylation is 1. The number of nitrogens with two attached hydrogens (primary N) is 1. The summed E-state index contributed by atoms with van der Waals surface area (Å²) in [6.07, 6.45) is 2.41. The molecular formula is C18H21FN2O. The van der Waals surface area contributed by atoms with E-state index in [9.17, 15) is 4.39 Å². The van der Waals surface area contributed by atoms with Gasteiger partial charge in [-0.05, 0) is 49.4 Å². The van der Waals surface area contributed by atoms with E-state index in [0.29, 0.717) is 17.2 Å². The molecule has 1 fully saturated rings. The zero-order valence-electron chi connectivity index (χ0n) is 13.0. The summed E-state index contributed by atoms with van der Waals surface area (Å²) in [5, 5.41) is 1.42. The maximum absolute atomic E-state index is 14.1. The van der Waals surface area contributed by atoms with Crippen LogP contribution < -0.4 is 15.6 Å². The van der Waals surface area contributed by atoms with Gasteiger partial charge in [0.15, 0.2) is 0 Å². The molecular weight excluding hydrogens is 279 g/mol.